The normalized spacial score (nSPS) is 22.0. The minimum Gasteiger partial charge on any atom is -0.508 e. The van der Waals surface area contributed by atoms with Gasteiger partial charge in [0.25, 0.3) is 5.91 Å². The van der Waals surface area contributed by atoms with Gasteiger partial charge in [0.1, 0.15) is 28.6 Å². The number of ketones is 2. The molecular formula is C33H26F3N3O9. The number of anilines is 2. The van der Waals surface area contributed by atoms with Crippen LogP contribution in [0.4, 0.5) is 29.3 Å². The van der Waals surface area contributed by atoms with Gasteiger partial charge in [-0.3, -0.25) is 14.4 Å². The number of nitrogens with one attached hydrogen (secondary N) is 2. The summed E-state index contributed by atoms with van der Waals surface area (Å²) in [6.07, 6.45) is -5.20. The maximum atomic E-state index is 13.7. The maximum Gasteiger partial charge on any atom is 0.573 e. The molecule has 3 aromatic carbocycles. The van der Waals surface area contributed by atoms with Crippen molar-refractivity contribution in [2.24, 2.45) is 17.6 Å². The molecule has 0 aromatic heterocycles. The zero-order valence-electron chi connectivity index (χ0n) is 24.6. The number of alkyl halides is 3. The number of hydrogen-bond acceptors (Lipinski definition) is 9. The van der Waals surface area contributed by atoms with Crippen LogP contribution in [0.3, 0.4) is 0 Å². The van der Waals surface area contributed by atoms with E-state index in [9.17, 15) is 52.8 Å². The number of phenols is 1. The molecule has 1 saturated carbocycles. The summed E-state index contributed by atoms with van der Waals surface area (Å²) in [7, 11) is 0. The number of ether oxygens (including phenoxy) is 1. The molecule has 3 aliphatic carbocycles. The summed E-state index contributed by atoms with van der Waals surface area (Å²) in [6, 6.07) is 13.2. The van der Waals surface area contributed by atoms with Crippen molar-refractivity contribution in [2.45, 2.75) is 31.2 Å². The van der Waals surface area contributed by atoms with Crippen molar-refractivity contribution in [1.29, 1.82) is 0 Å². The van der Waals surface area contributed by atoms with Gasteiger partial charge >= 0.3 is 12.4 Å². The predicted octanol–water partition coefficient (Wildman–Crippen LogP) is 4.63. The monoisotopic (exact) mass is 665 g/mol. The van der Waals surface area contributed by atoms with Gasteiger partial charge in [0, 0.05) is 29.3 Å². The van der Waals surface area contributed by atoms with E-state index in [0.717, 1.165) is 12.1 Å². The van der Waals surface area contributed by atoms with Crippen LogP contribution in [0, 0.1) is 11.8 Å². The first-order valence-electron chi connectivity index (χ1n) is 14.4. The van der Waals surface area contributed by atoms with Gasteiger partial charge in [-0.2, -0.15) is 0 Å². The Balaban J connectivity index is 1.25. The van der Waals surface area contributed by atoms with Crippen LogP contribution in [0.5, 0.6) is 11.5 Å². The van der Waals surface area contributed by atoms with Crippen molar-refractivity contribution in [3.8, 4) is 22.6 Å². The van der Waals surface area contributed by atoms with Gasteiger partial charge in [0.2, 0.25) is 5.78 Å². The van der Waals surface area contributed by atoms with E-state index in [0.29, 0.717) is 22.4 Å². The van der Waals surface area contributed by atoms with Crippen LogP contribution in [0.1, 0.15) is 24.0 Å². The van der Waals surface area contributed by atoms with Gasteiger partial charge in [-0.1, -0.05) is 18.2 Å². The van der Waals surface area contributed by atoms with E-state index in [1.54, 1.807) is 30.3 Å². The van der Waals surface area contributed by atoms with Crippen molar-refractivity contribution in [1.82, 2.24) is 0 Å². The Hall–Kier alpha value is -5.83. The van der Waals surface area contributed by atoms with E-state index in [-0.39, 0.29) is 35.4 Å². The third-order valence-corrected chi connectivity index (χ3v) is 8.75. The number of fused-ring (bicyclic) bond motifs is 3. The number of aromatic hydroxyl groups is 1. The number of benzene rings is 3. The highest BCUT2D eigenvalue weighted by molar-refractivity contribution is 6.22. The number of carbonyl (C=O) groups excluding carboxylic acids is 4. The number of phenolic OH excluding ortho intramolecular Hbond substituents is 1. The number of carbonyl (C=O) groups is 4. The SMILES string of the molecule is NC(=O)C1=C(O)[C@@]2(O)C(=O)C3=C(O)c4c(O)ccc(-c5ccc(NC(=O)Nc6ccc(OC(F)(F)F)cc6)cc5)c4C[C@H]3C[C@H]2CC1=O. The van der Waals surface area contributed by atoms with Gasteiger partial charge in [-0.25, -0.2) is 4.79 Å². The Labute approximate surface area is 268 Å². The second-order valence-electron chi connectivity index (χ2n) is 11.6. The highest BCUT2D eigenvalue weighted by Crippen LogP contribution is 2.53. The van der Waals surface area contributed by atoms with E-state index in [4.69, 9.17) is 5.73 Å². The van der Waals surface area contributed by atoms with Crippen LogP contribution in [-0.2, 0) is 20.8 Å². The molecule has 0 spiro atoms. The summed E-state index contributed by atoms with van der Waals surface area (Å²) < 4.78 is 40.9. The van der Waals surface area contributed by atoms with E-state index in [1.807, 2.05) is 0 Å². The Bertz CT molecular complexity index is 1950. The van der Waals surface area contributed by atoms with E-state index >= 15 is 0 Å². The second kappa shape index (κ2) is 11.5. The number of amides is 3. The molecule has 0 saturated heterocycles. The van der Waals surface area contributed by atoms with Gasteiger partial charge < -0.3 is 41.5 Å². The first-order valence-corrected chi connectivity index (χ1v) is 14.4. The summed E-state index contributed by atoms with van der Waals surface area (Å²) in [6.45, 7) is 0. The molecule has 0 heterocycles. The number of hydrogen-bond donors (Lipinski definition) is 7. The maximum absolute atomic E-state index is 13.7. The molecule has 0 radical (unpaired) electrons. The van der Waals surface area contributed by atoms with Crippen molar-refractivity contribution in [2.75, 3.05) is 10.6 Å². The molecule has 15 heteroatoms. The Kier molecular flexibility index (Phi) is 7.66. The van der Waals surface area contributed by atoms with Gasteiger partial charge in [0.15, 0.2) is 11.4 Å². The number of Topliss-reactive ketones (excluding diaryl/α,β-unsaturated/α-hetero) is 2. The molecule has 1 fully saturated rings. The minimum absolute atomic E-state index is 0.0198. The molecule has 48 heavy (non-hydrogen) atoms. The van der Waals surface area contributed by atoms with E-state index in [2.05, 4.69) is 15.4 Å². The molecule has 3 aromatic rings. The highest BCUT2D eigenvalue weighted by Gasteiger charge is 2.60. The summed E-state index contributed by atoms with van der Waals surface area (Å²) in [5.74, 6) is -7.61. The lowest BCUT2D eigenvalue weighted by Crippen LogP contribution is -2.58. The number of halogens is 3. The third kappa shape index (κ3) is 5.47. The van der Waals surface area contributed by atoms with Crippen LogP contribution in [-0.4, -0.2) is 55.9 Å². The molecule has 3 aliphatic rings. The molecule has 3 atom stereocenters. The Morgan fingerprint density at radius 3 is 2.08 bits per heavy atom. The molecule has 12 nitrogen and oxygen atoms in total. The topological polar surface area (TPSA) is 209 Å². The second-order valence-corrected chi connectivity index (χ2v) is 11.6. The largest absolute Gasteiger partial charge is 0.573 e. The van der Waals surface area contributed by atoms with Gasteiger partial charge in [-0.15, -0.1) is 13.2 Å². The number of aliphatic hydroxyl groups excluding tert-OH is 2. The van der Waals surface area contributed by atoms with Crippen LogP contribution < -0.4 is 21.1 Å². The van der Waals surface area contributed by atoms with Crippen LogP contribution >= 0.6 is 0 Å². The van der Waals surface area contributed by atoms with Crippen molar-refractivity contribution in [3.05, 3.63) is 88.7 Å². The number of nitrogens with two attached hydrogens (primary N) is 1. The lowest BCUT2D eigenvalue weighted by atomic mass is 9.59. The fourth-order valence-electron chi connectivity index (χ4n) is 6.66. The van der Waals surface area contributed by atoms with Crippen molar-refractivity contribution in [3.63, 3.8) is 0 Å². The van der Waals surface area contributed by atoms with Crippen molar-refractivity contribution >= 4 is 40.6 Å². The summed E-state index contributed by atoms with van der Waals surface area (Å²) in [4.78, 5) is 50.6. The molecule has 0 bridgehead atoms. The summed E-state index contributed by atoms with van der Waals surface area (Å²) >= 11 is 0. The first-order chi connectivity index (χ1) is 22.6. The number of urea groups is 1. The molecule has 3 amide bonds. The molecule has 6 rings (SSSR count). The lowest BCUT2D eigenvalue weighted by Gasteiger charge is -2.46. The third-order valence-electron chi connectivity index (χ3n) is 8.75. The zero-order chi connectivity index (χ0) is 34.7. The average Bonchev–Trinajstić information content (AvgIpc) is 3.00. The lowest BCUT2D eigenvalue weighted by molar-refractivity contribution is -0.274. The molecule has 8 N–H and O–H groups in total. The zero-order valence-corrected chi connectivity index (χ0v) is 24.6. The number of rotatable bonds is 5. The summed E-state index contributed by atoms with van der Waals surface area (Å²) in [5.41, 5.74) is 3.57. The van der Waals surface area contributed by atoms with E-state index in [1.165, 1.54) is 18.2 Å². The smallest absolute Gasteiger partial charge is 0.508 e. The first kappa shape index (κ1) is 32.1. The van der Waals surface area contributed by atoms with Crippen LogP contribution in [0.2, 0.25) is 0 Å². The number of primary amides is 1. The van der Waals surface area contributed by atoms with Crippen LogP contribution in [0.25, 0.3) is 16.9 Å². The highest BCUT2D eigenvalue weighted by atomic mass is 19.4. The average molecular weight is 666 g/mol. The number of aliphatic hydroxyl groups is 3. The van der Waals surface area contributed by atoms with Crippen molar-refractivity contribution < 1.29 is 57.5 Å². The minimum atomic E-state index is -4.85. The molecular weight excluding hydrogens is 639 g/mol. The molecule has 0 unspecified atom stereocenters. The predicted molar refractivity (Wildman–Crippen MR) is 163 cm³/mol. The molecule has 0 aliphatic heterocycles. The fourth-order valence-corrected chi connectivity index (χ4v) is 6.66. The van der Waals surface area contributed by atoms with Gasteiger partial charge in [0.05, 0.1) is 5.56 Å². The molecule has 248 valence electrons. The Morgan fingerprint density at radius 1 is 0.896 bits per heavy atom. The van der Waals surface area contributed by atoms with Gasteiger partial charge in [-0.05, 0) is 77.9 Å². The quantitative estimate of drug-likeness (QED) is 0.189. The Morgan fingerprint density at radius 2 is 1.50 bits per heavy atom. The standard InChI is InChI=1S/C33H26F3N3O9/c34-33(35,36)48-19-7-5-18(6-8-19)39-31(46)38-17-3-1-14(2-4-17)20-9-10-22(40)25-21(20)12-15-11-16-13-23(41)26(30(37)45)29(44)32(16,47)28(43)24(15)27(25)42/h1-10,15-16,40,42,44,47H,11-13H2,(H2,37,45)(H2,38,39,46)/t15-,16+,32+/m1/s1. The van der Waals surface area contributed by atoms with Crippen LogP contribution in [0.15, 0.2) is 77.6 Å². The summed E-state index contributed by atoms with van der Waals surface area (Å²) in [5, 5.41) is 49.3. The van der Waals surface area contributed by atoms with E-state index < -0.39 is 76.6 Å². The fraction of sp³-hybridized carbons (Fsp3) is 0.212.